The molecule has 3 N–H and O–H groups in total. The zero-order valence-corrected chi connectivity index (χ0v) is 37.4. The summed E-state index contributed by atoms with van der Waals surface area (Å²) in [6.45, 7) is 4.35. The Bertz CT molecular complexity index is 2160. The Labute approximate surface area is 345 Å². The van der Waals surface area contributed by atoms with Crippen molar-refractivity contribution in [3.05, 3.63) is 35.3 Å². The average molecular weight is 904 g/mol. The fourth-order valence-corrected chi connectivity index (χ4v) is 11.3. The van der Waals surface area contributed by atoms with Crippen LogP contribution < -0.4 is 16.2 Å². The number of thiol groups is 1. The van der Waals surface area contributed by atoms with Crippen LogP contribution in [0.5, 0.6) is 0 Å². The van der Waals surface area contributed by atoms with Crippen LogP contribution in [0.4, 0.5) is 16.2 Å². The number of nitrogens with zero attached hydrogens (tertiary/aromatic N) is 6. The molecule has 1 saturated carbocycles. The highest BCUT2D eigenvalue weighted by atomic mass is 32.7. The Morgan fingerprint density at radius 3 is 2.67 bits per heavy atom. The SMILES string of the molecule is CC(C)C(=O)Nc1nc2c(ncn2[C@@H]2OC3COP(=O)(S)O[C@@H]4[C@@H](COP(=S)(OCCC#N)O[C@@H]2C3O[Si](C)(C)C(C)(C)C)C[C@@H](Nc2ccncn2)[C@@H]4F)c(=O)[nH]1. The van der Waals surface area contributed by atoms with Gasteiger partial charge in [-0.1, -0.05) is 46.9 Å². The minimum atomic E-state index is -4.34. The molecule has 10 atom stereocenters. The van der Waals surface area contributed by atoms with Crippen molar-refractivity contribution in [1.29, 1.82) is 5.26 Å². The van der Waals surface area contributed by atoms with Gasteiger partial charge in [-0.3, -0.25) is 38.0 Å². The number of nitriles is 1. The number of imidazole rings is 1. The maximum atomic E-state index is 16.3. The number of hydrogen-bond donors (Lipinski definition) is 4. The Morgan fingerprint density at radius 1 is 1.24 bits per heavy atom. The number of carbonyl (C=O) groups is 1. The van der Waals surface area contributed by atoms with Crippen LogP contribution in [-0.2, 0) is 52.9 Å². The molecule has 3 aromatic heterocycles. The molecule has 5 heterocycles. The molecule has 2 saturated heterocycles. The lowest BCUT2D eigenvalue weighted by atomic mass is 10.1. The molecule has 6 rings (SSSR count). The number of nitrogens with one attached hydrogen (secondary N) is 3. The first-order valence-electron chi connectivity index (χ1n) is 18.6. The van der Waals surface area contributed by atoms with Crippen molar-refractivity contribution in [3.63, 3.8) is 0 Å². The molecule has 2 aliphatic heterocycles. The lowest BCUT2D eigenvalue weighted by molar-refractivity contribution is -0.118. The lowest BCUT2D eigenvalue weighted by Crippen LogP contribution is -2.50. The van der Waals surface area contributed by atoms with E-state index in [0.717, 1.165) is 0 Å². The number of hydrogen-bond acceptors (Lipinski definition) is 17. The number of alkyl halides is 1. The van der Waals surface area contributed by atoms with Gasteiger partial charge in [0, 0.05) is 18.0 Å². The number of ether oxygens (including phenoxy) is 1. The summed E-state index contributed by atoms with van der Waals surface area (Å²) in [7, 11) is -2.72. The van der Waals surface area contributed by atoms with Gasteiger partial charge in [0.05, 0.1) is 44.7 Å². The molecule has 3 aromatic rings. The number of halogens is 1. The first-order valence-corrected chi connectivity index (χ1v) is 26.7. The Hall–Kier alpha value is -2.71. The van der Waals surface area contributed by atoms with Crippen molar-refractivity contribution in [2.45, 2.75) is 108 Å². The van der Waals surface area contributed by atoms with Gasteiger partial charge in [-0.25, -0.2) is 23.9 Å². The summed E-state index contributed by atoms with van der Waals surface area (Å²) in [6, 6.07) is 2.73. The molecule has 1 amide bonds. The second kappa shape index (κ2) is 17.7. The van der Waals surface area contributed by atoms with E-state index in [9.17, 15) is 19.4 Å². The predicted octanol–water partition coefficient (Wildman–Crippen LogP) is 5.64. The number of carbonyl (C=O) groups excluding carboxylic acids is 1. The van der Waals surface area contributed by atoms with Crippen LogP contribution in [0.25, 0.3) is 11.2 Å². The molecule has 19 nitrogen and oxygen atoms in total. The van der Waals surface area contributed by atoms with Gasteiger partial charge < -0.3 is 23.5 Å². The molecule has 318 valence electrons. The van der Waals surface area contributed by atoms with Crippen molar-refractivity contribution in [2.24, 2.45) is 11.8 Å². The second-order valence-electron chi connectivity index (χ2n) is 16.0. The first-order chi connectivity index (χ1) is 27.2. The van der Waals surface area contributed by atoms with Gasteiger partial charge in [-0.05, 0) is 42.4 Å². The summed E-state index contributed by atoms with van der Waals surface area (Å²) in [6.07, 6.45) is -3.42. The molecule has 2 bridgehead atoms. The summed E-state index contributed by atoms with van der Waals surface area (Å²) in [4.78, 5) is 45.2. The normalized spacial score (nSPS) is 32.2. The van der Waals surface area contributed by atoms with E-state index in [4.69, 9.17) is 43.6 Å². The minimum absolute atomic E-state index is 0.0167. The second-order valence-corrected chi connectivity index (χ2v) is 26.6. The monoisotopic (exact) mass is 903 g/mol. The van der Waals surface area contributed by atoms with E-state index < -0.39 is 88.7 Å². The molecule has 0 aromatic carbocycles. The quantitative estimate of drug-likeness (QED) is 0.0834. The average Bonchev–Trinajstić information content (AvgIpc) is 3.79. The van der Waals surface area contributed by atoms with Gasteiger partial charge in [0.1, 0.15) is 42.7 Å². The van der Waals surface area contributed by atoms with E-state index >= 15 is 4.39 Å². The van der Waals surface area contributed by atoms with Crippen molar-refractivity contribution in [1.82, 2.24) is 29.5 Å². The highest BCUT2D eigenvalue weighted by Gasteiger charge is 2.55. The minimum Gasteiger partial charge on any atom is -0.408 e. The van der Waals surface area contributed by atoms with Crippen LogP contribution in [0, 0.1) is 23.2 Å². The predicted molar refractivity (Wildman–Crippen MR) is 219 cm³/mol. The third kappa shape index (κ3) is 10.1. The Morgan fingerprint density at radius 2 is 2.00 bits per heavy atom. The molecule has 3 fully saturated rings. The largest absolute Gasteiger partial charge is 0.408 e. The third-order valence-corrected chi connectivity index (χ3v) is 18.9. The van der Waals surface area contributed by atoms with Crippen molar-refractivity contribution < 1.29 is 45.5 Å². The van der Waals surface area contributed by atoms with Crippen molar-refractivity contribution >= 4 is 74.7 Å². The van der Waals surface area contributed by atoms with Crippen LogP contribution in [0.1, 0.15) is 53.7 Å². The van der Waals surface area contributed by atoms with E-state index in [2.05, 4.69) is 47.8 Å². The van der Waals surface area contributed by atoms with Crippen LogP contribution in [0.3, 0.4) is 0 Å². The number of rotatable bonds is 10. The van der Waals surface area contributed by atoms with Crippen molar-refractivity contribution in [3.8, 4) is 6.07 Å². The summed E-state index contributed by atoms with van der Waals surface area (Å²) in [5.41, 5.74) is -0.697. The zero-order valence-electron chi connectivity index (χ0n) is 32.9. The summed E-state index contributed by atoms with van der Waals surface area (Å²) in [5, 5.41) is 14.7. The number of aromatic amines is 1. The number of anilines is 2. The number of H-pyrrole nitrogens is 1. The van der Waals surface area contributed by atoms with Crippen LogP contribution in [0.15, 0.2) is 29.7 Å². The lowest BCUT2D eigenvalue weighted by Gasteiger charge is -2.41. The Balaban J connectivity index is 1.44. The molecule has 0 radical (unpaired) electrons. The van der Waals surface area contributed by atoms with Crippen molar-refractivity contribution in [2.75, 3.05) is 30.5 Å². The van der Waals surface area contributed by atoms with Gasteiger partial charge in [0.2, 0.25) is 11.9 Å². The molecular formula is C33H48FN9O10P2S2Si. The maximum Gasteiger partial charge on any atom is 0.386 e. The maximum absolute atomic E-state index is 16.3. The van der Waals surface area contributed by atoms with Crippen LogP contribution >= 0.6 is 25.8 Å². The van der Waals surface area contributed by atoms with Crippen LogP contribution in [0.2, 0.25) is 18.1 Å². The molecule has 58 heavy (non-hydrogen) atoms. The number of fused-ring (bicyclic) bond motifs is 4. The Kier molecular flexibility index (Phi) is 13.7. The standard InChI is InChI=1S/C33H48FN9O10P2S2Si/c1-18(2)29(44)41-32-40-28-24(30(45)42-32)38-17-43(28)31-27-26(53-58(6,7)33(3,4)5)21(50-31)15-48-54(46,56)51-25-19(14-49-55(57,52-27)47-12-8-10-35)13-20(23(25)34)39-22-9-11-36-16-37-22/h9,11,16-21,23,25-27,31H,8,12-15H2,1-7H3,(H,46,56)(H,36,37,39)(H2,40,41,42,44,45)/t19-,20-,21?,23+,25-,26?,27-,31-,54?,55?/m1/s1. The highest BCUT2D eigenvalue weighted by molar-refractivity contribution is 8.44. The summed E-state index contributed by atoms with van der Waals surface area (Å²) >= 11 is 10.3. The molecule has 4 unspecified atom stereocenters. The summed E-state index contributed by atoms with van der Waals surface area (Å²) in [5.74, 6) is -1.35. The van der Waals surface area contributed by atoms with E-state index in [0.29, 0.717) is 5.82 Å². The fourth-order valence-electron chi connectivity index (χ4n) is 6.35. The van der Waals surface area contributed by atoms with Gasteiger partial charge in [0.25, 0.3) is 5.56 Å². The molecule has 1 aliphatic carbocycles. The topological polar surface area (TPSA) is 236 Å². The van der Waals surface area contributed by atoms with Gasteiger partial charge in [0.15, 0.2) is 25.7 Å². The van der Waals surface area contributed by atoms with E-state index in [1.54, 1.807) is 19.9 Å². The van der Waals surface area contributed by atoms with E-state index in [1.807, 2.05) is 39.9 Å². The zero-order chi connectivity index (χ0) is 42.2. The first kappa shape index (κ1) is 44.8. The van der Waals surface area contributed by atoms with Gasteiger partial charge >= 0.3 is 13.5 Å². The van der Waals surface area contributed by atoms with Gasteiger partial charge in [-0.2, -0.15) is 10.2 Å². The smallest absolute Gasteiger partial charge is 0.386 e. The van der Waals surface area contributed by atoms with Crippen LogP contribution in [-0.4, -0.2) is 100 Å². The number of amides is 1. The van der Waals surface area contributed by atoms with E-state index in [-0.39, 0.29) is 54.1 Å². The summed E-state index contributed by atoms with van der Waals surface area (Å²) < 4.78 is 76.3. The van der Waals surface area contributed by atoms with Gasteiger partial charge in [-0.15, -0.1) is 0 Å². The molecule has 25 heteroatoms. The fraction of sp³-hybridized carbons (Fsp3) is 0.667. The van der Waals surface area contributed by atoms with E-state index in [1.165, 1.54) is 23.4 Å². The highest BCUT2D eigenvalue weighted by Crippen LogP contribution is 2.60. The molecular weight excluding hydrogens is 856 g/mol. The third-order valence-electron chi connectivity index (χ3n) is 10.4. The molecule has 0 spiro atoms. The number of aromatic nitrogens is 6. The molecule has 3 aliphatic rings.